The van der Waals surface area contributed by atoms with Crippen molar-refractivity contribution < 1.29 is 19.0 Å². The molecule has 1 amide bonds. The third kappa shape index (κ3) is 5.77. The minimum absolute atomic E-state index is 0.0271. The highest BCUT2D eigenvalue weighted by atomic mass is 16.6. The molecule has 2 aliphatic heterocycles. The van der Waals surface area contributed by atoms with Gasteiger partial charge in [0.05, 0.1) is 20.3 Å². The molecule has 2 aromatic rings. The van der Waals surface area contributed by atoms with Crippen molar-refractivity contribution in [1.29, 1.82) is 0 Å². The number of piperidine rings is 1. The van der Waals surface area contributed by atoms with Crippen molar-refractivity contribution in [3.05, 3.63) is 17.8 Å². The quantitative estimate of drug-likeness (QED) is 0.575. The zero-order chi connectivity index (χ0) is 24.9. The molecular formula is C24H37N7O4. The summed E-state index contributed by atoms with van der Waals surface area (Å²) < 4.78 is 16.7. The normalized spacial score (nSPS) is 24.3. The molecule has 0 aromatic carbocycles. The predicted octanol–water partition coefficient (Wildman–Crippen LogP) is 3.64. The van der Waals surface area contributed by atoms with E-state index in [-0.39, 0.29) is 30.3 Å². The zero-order valence-electron chi connectivity index (χ0n) is 21.3. The van der Waals surface area contributed by atoms with Gasteiger partial charge in [0, 0.05) is 49.4 Å². The lowest BCUT2D eigenvalue weighted by Crippen LogP contribution is -2.56. The van der Waals surface area contributed by atoms with Crippen molar-refractivity contribution in [2.45, 2.75) is 77.1 Å². The van der Waals surface area contributed by atoms with Crippen LogP contribution in [0.2, 0.25) is 0 Å². The van der Waals surface area contributed by atoms with Gasteiger partial charge in [-0.1, -0.05) is 13.8 Å². The number of nitrogens with one attached hydrogen (secondary N) is 2. The van der Waals surface area contributed by atoms with Crippen LogP contribution in [0.1, 0.15) is 51.6 Å². The number of carbonyl (C=O) groups excluding carboxylic acids is 1. The van der Waals surface area contributed by atoms with Gasteiger partial charge in [0.25, 0.3) is 0 Å². The number of rotatable bonds is 8. The standard InChI is InChI=1S/C24H37N7O4/c1-6-16-11-18(12-17(7-2)31(16)24(32)33-5)30(4)23-26-20(25-21-10-15(3)28-29-21)13-22(27-23)35-19-8-9-34-14-19/h10,13,16-19H,6-9,11-12,14H2,1-5H3,(H2,25,26,27,28,29)/t16-,17+,18-,19-/m0/s1. The van der Waals surface area contributed by atoms with E-state index < -0.39 is 0 Å². The molecule has 4 atom stereocenters. The molecule has 0 unspecified atom stereocenters. The zero-order valence-corrected chi connectivity index (χ0v) is 21.3. The van der Waals surface area contributed by atoms with Crippen LogP contribution in [0.3, 0.4) is 0 Å². The first-order valence-electron chi connectivity index (χ1n) is 12.4. The second kappa shape index (κ2) is 11.1. The van der Waals surface area contributed by atoms with Gasteiger partial charge in [0.15, 0.2) is 5.82 Å². The van der Waals surface area contributed by atoms with Crippen molar-refractivity contribution in [3.63, 3.8) is 0 Å². The topological polar surface area (TPSA) is 118 Å². The van der Waals surface area contributed by atoms with Crippen LogP contribution < -0.4 is 15.0 Å². The first kappa shape index (κ1) is 25.0. The Morgan fingerprint density at radius 3 is 2.54 bits per heavy atom. The van der Waals surface area contributed by atoms with Gasteiger partial charge in [-0.05, 0) is 32.6 Å². The van der Waals surface area contributed by atoms with Gasteiger partial charge in [-0.3, -0.25) is 5.10 Å². The Balaban J connectivity index is 1.59. The number of hydrogen-bond donors (Lipinski definition) is 2. The van der Waals surface area contributed by atoms with Crippen molar-refractivity contribution in [2.24, 2.45) is 0 Å². The number of likely N-dealkylation sites (tertiary alicyclic amines) is 1. The van der Waals surface area contributed by atoms with E-state index in [9.17, 15) is 4.79 Å². The van der Waals surface area contributed by atoms with E-state index in [0.717, 1.165) is 37.8 Å². The van der Waals surface area contributed by atoms with Crippen LogP contribution in [0.5, 0.6) is 5.88 Å². The fourth-order valence-electron chi connectivity index (χ4n) is 4.94. The molecule has 2 aliphatic rings. The Kier molecular flexibility index (Phi) is 7.94. The number of ether oxygens (including phenoxy) is 3. The summed E-state index contributed by atoms with van der Waals surface area (Å²) >= 11 is 0. The monoisotopic (exact) mass is 487 g/mol. The van der Waals surface area contributed by atoms with E-state index in [0.29, 0.717) is 36.7 Å². The first-order valence-corrected chi connectivity index (χ1v) is 12.4. The molecule has 0 radical (unpaired) electrons. The number of H-pyrrole nitrogens is 1. The largest absolute Gasteiger partial charge is 0.472 e. The lowest BCUT2D eigenvalue weighted by Gasteiger charge is -2.46. The van der Waals surface area contributed by atoms with E-state index in [1.807, 2.05) is 24.9 Å². The Bertz CT molecular complexity index is 980. The van der Waals surface area contributed by atoms with Crippen LogP contribution >= 0.6 is 0 Å². The van der Waals surface area contributed by atoms with Crippen LogP contribution in [0.4, 0.5) is 22.4 Å². The van der Waals surface area contributed by atoms with Crippen molar-refractivity contribution in [2.75, 3.05) is 37.6 Å². The van der Waals surface area contributed by atoms with Gasteiger partial charge in [-0.15, -0.1) is 0 Å². The average molecular weight is 488 g/mol. The van der Waals surface area contributed by atoms with E-state index in [4.69, 9.17) is 24.2 Å². The van der Waals surface area contributed by atoms with Gasteiger partial charge >= 0.3 is 6.09 Å². The molecule has 35 heavy (non-hydrogen) atoms. The van der Waals surface area contributed by atoms with Crippen LogP contribution in [-0.2, 0) is 9.47 Å². The molecular weight excluding hydrogens is 450 g/mol. The molecule has 11 nitrogen and oxygen atoms in total. The van der Waals surface area contributed by atoms with E-state index in [2.05, 4.69) is 34.3 Å². The second-order valence-electron chi connectivity index (χ2n) is 9.29. The molecule has 2 N–H and O–H groups in total. The van der Waals surface area contributed by atoms with Gasteiger partial charge in [-0.2, -0.15) is 15.1 Å². The lowest BCUT2D eigenvalue weighted by atomic mass is 9.88. The molecule has 192 valence electrons. The minimum Gasteiger partial charge on any atom is -0.472 e. The van der Waals surface area contributed by atoms with Gasteiger partial charge in [0.2, 0.25) is 11.8 Å². The van der Waals surface area contributed by atoms with E-state index >= 15 is 0 Å². The predicted molar refractivity (Wildman–Crippen MR) is 132 cm³/mol. The molecule has 2 aromatic heterocycles. The molecule has 0 spiro atoms. The molecule has 0 bridgehead atoms. The third-order valence-electron chi connectivity index (χ3n) is 6.89. The van der Waals surface area contributed by atoms with Crippen LogP contribution in [0, 0.1) is 6.92 Å². The first-order chi connectivity index (χ1) is 16.9. The summed E-state index contributed by atoms with van der Waals surface area (Å²) in [6.45, 7) is 7.41. The number of nitrogens with zero attached hydrogens (tertiary/aromatic N) is 5. The molecule has 2 fully saturated rings. The molecule has 4 heterocycles. The summed E-state index contributed by atoms with van der Waals surface area (Å²) in [7, 11) is 3.46. The van der Waals surface area contributed by atoms with Crippen LogP contribution in [-0.4, -0.2) is 82.8 Å². The summed E-state index contributed by atoms with van der Waals surface area (Å²) in [5.41, 5.74) is 0.951. The van der Waals surface area contributed by atoms with E-state index in [1.54, 1.807) is 6.07 Å². The van der Waals surface area contributed by atoms with Gasteiger partial charge in [-0.25, -0.2) is 4.79 Å². The summed E-state index contributed by atoms with van der Waals surface area (Å²) in [4.78, 5) is 26.1. The number of hydrogen-bond acceptors (Lipinski definition) is 9. The minimum atomic E-state index is -0.254. The number of aryl methyl sites for hydroxylation is 1. The highest BCUT2D eigenvalue weighted by molar-refractivity contribution is 5.68. The number of aromatic amines is 1. The number of carbonyl (C=O) groups is 1. The SMILES string of the molecule is CC[C@@H]1C[C@@H](N(C)c2nc(Nc3cc(C)[nH]n3)cc(O[C@H]3CCOC3)n2)C[C@H](CC)N1C(=O)OC. The van der Waals surface area contributed by atoms with Crippen molar-refractivity contribution in [3.8, 4) is 5.88 Å². The van der Waals surface area contributed by atoms with Crippen molar-refractivity contribution in [1.82, 2.24) is 25.1 Å². The maximum absolute atomic E-state index is 12.5. The molecule has 0 aliphatic carbocycles. The lowest BCUT2D eigenvalue weighted by molar-refractivity contribution is 0.0491. The summed E-state index contributed by atoms with van der Waals surface area (Å²) in [5.74, 6) is 2.34. The molecule has 0 saturated carbocycles. The number of methoxy groups -OCH3 is 1. The highest BCUT2D eigenvalue weighted by Gasteiger charge is 2.39. The van der Waals surface area contributed by atoms with E-state index in [1.165, 1.54) is 7.11 Å². The smallest absolute Gasteiger partial charge is 0.409 e. The fourth-order valence-corrected chi connectivity index (χ4v) is 4.94. The third-order valence-corrected chi connectivity index (χ3v) is 6.89. The Morgan fingerprint density at radius 1 is 1.23 bits per heavy atom. The Labute approximate surface area is 206 Å². The van der Waals surface area contributed by atoms with Crippen LogP contribution in [0.25, 0.3) is 0 Å². The maximum atomic E-state index is 12.5. The van der Waals surface area contributed by atoms with Crippen molar-refractivity contribution >= 4 is 23.7 Å². The fraction of sp³-hybridized carbons (Fsp3) is 0.667. The maximum Gasteiger partial charge on any atom is 0.409 e. The number of anilines is 3. The molecule has 4 rings (SSSR count). The summed E-state index contributed by atoms with van der Waals surface area (Å²) in [5, 5.41) is 10.5. The van der Waals surface area contributed by atoms with Gasteiger partial charge < -0.3 is 29.3 Å². The van der Waals surface area contributed by atoms with Gasteiger partial charge in [0.1, 0.15) is 11.9 Å². The molecule has 2 saturated heterocycles. The second-order valence-corrected chi connectivity index (χ2v) is 9.29. The van der Waals surface area contributed by atoms with Crippen LogP contribution in [0.15, 0.2) is 12.1 Å². The Hall–Kier alpha value is -3.08. The average Bonchev–Trinajstić information content (AvgIpc) is 3.53. The Morgan fingerprint density at radius 2 is 1.97 bits per heavy atom. The summed E-state index contributed by atoms with van der Waals surface area (Å²) in [6, 6.07) is 4.05. The summed E-state index contributed by atoms with van der Waals surface area (Å²) in [6.07, 6.45) is 3.88. The molecule has 11 heteroatoms. The number of aromatic nitrogens is 4. The highest BCUT2D eigenvalue weighted by Crippen LogP contribution is 2.33. The number of amides is 1.